The Morgan fingerprint density at radius 2 is 1.70 bits per heavy atom. The zero-order valence-electron chi connectivity index (χ0n) is 6.19. The van der Waals surface area contributed by atoms with Gasteiger partial charge >= 0.3 is 0 Å². The number of aliphatic hydroxyl groups is 2. The van der Waals surface area contributed by atoms with Gasteiger partial charge in [-0.1, -0.05) is 0 Å². The largest absolute Gasteiger partial charge is 0.395 e. The maximum atomic E-state index is 8.55. The van der Waals surface area contributed by atoms with Gasteiger partial charge in [0.25, 0.3) is 0 Å². The van der Waals surface area contributed by atoms with Crippen LogP contribution in [0.2, 0.25) is 0 Å². The van der Waals surface area contributed by atoms with Crippen LogP contribution >= 0.6 is 12.6 Å². The van der Waals surface area contributed by atoms with Crippen molar-refractivity contribution >= 4 is 12.6 Å². The van der Waals surface area contributed by atoms with Crippen molar-refractivity contribution in [3.8, 4) is 0 Å². The summed E-state index contributed by atoms with van der Waals surface area (Å²) in [6.45, 7) is 3.29. The third-order valence-electron chi connectivity index (χ3n) is 1.30. The minimum atomic E-state index is 0.0966. The summed E-state index contributed by atoms with van der Waals surface area (Å²) in [5.41, 5.74) is 0. The van der Waals surface area contributed by atoms with Crippen molar-refractivity contribution in [2.75, 3.05) is 26.3 Å². The van der Waals surface area contributed by atoms with Gasteiger partial charge in [0.05, 0.1) is 18.6 Å². The van der Waals surface area contributed by atoms with Crippen molar-refractivity contribution in [3.63, 3.8) is 0 Å². The summed E-state index contributed by atoms with van der Waals surface area (Å²) in [5, 5.41) is 17.2. The van der Waals surface area contributed by atoms with E-state index in [-0.39, 0.29) is 18.6 Å². The van der Waals surface area contributed by atoms with Gasteiger partial charge in [0, 0.05) is 13.1 Å². The van der Waals surface area contributed by atoms with Gasteiger partial charge in [-0.3, -0.25) is 4.90 Å². The molecule has 10 heavy (non-hydrogen) atoms. The summed E-state index contributed by atoms with van der Waals surface area (Å²) in [4.78, 5) is 1.89. The molecule has 0 aromatic carbocycles. The average molecular weight is 165 g/mol. The molecule has 0 aliphatic heterocycles. The third-order valence-corrected chi connectivity index (χ3v) is 1.63. The second-order valence-corrected chi connectivity index (χ2v) is 2.86. The zero-order chi connectivity index (χ0) is 7.98. The molecule has 4 heteroatoms. The monoisotopic (exact) mass is 165 g/mol. The van der Waals surface area contributed by atoms with Crippen molar-refractivity contribution in [3.05, 3.63) is 0 Å². The van der Waals surface area contributed by atoms with Crippen molar-refractivity contribution in [2.45, 2.75) is 12.3 Å². The van der Waals surface area contributed by atoms with Crippen molar-refractivity contribution in [1.29, 1.82) is 0 Å². The number of rotatable bonds is 5. The van der Waals surface area contributed by atoms with E-state index in [1.807, 2.05) is 11.8 Å². The second kappa shape index (κ2) is 5.97. The van der Waals surface area contributed by atoms with Gasteiger partial charge in [0.1, 0.15) is 0 Å². The van der Waals surface area contributed by atoms with E-state index in [9.17, 15) is 0 Å². The van der Waals surface area contributed by atoms with Crippen molar-refractivity contribution < 1.29 is 10.2 Å². The summed E-state index contributed by atoms with van der Waals surface area (Å²) < 4.78 is 0. The van der Waals surface area contributed by atoms with Crippen LogP contribution in [0, 0.1) is 0 Å². The van der Waals surface area contributed by atoms with Gasteiger partial charge in [-0.15, -0.1) is 0 Å². The molecule has 0 saturated carbocycles. The van der Waals surface area contributed by atoms with Crippen molar-refractivity contribution in [2.24, 2.45) is 0 Å². The topological polar surface area (TPSA) is 43.7 Å². The van der Waals surface area contributed by atoms with E-state index >= 15 is 0 Å². The Labute approximate surface area is 67.1 Å². The Morgan fingerprint density at radius 3 is 1.90 bits per heavy atom. The Kier molecular flexibility index (Phi) is 6.11. The van der Waals surface area contributed by atoms with Gasteiger partial charge < -0.3 is 10.2 Å². The van der Waals surface area contributed by atoms with E-state index in [0.29, 0.717) is 13.1 Å². The first-order valence-corrected chi connectivity index (χ1v) is 3.88. The lowest BCUT2D eigenvalue weighted by molar-refractivity contribution is 0.157. The molecule has 0 heterocycles. The zero-order valence-corrected chi connectivity index (χ0v) is 7.09. The van der Waals surface area contributed by atoms with Crippen LogP contribution in [0.4, 0.5) is 0 Å². The van der Waals surface area contributed by atoms with Gasteiger partial charge in [-0.2, -0.15) is 12.6 Å². The summed E-state index contributed by atoms with van der Waals surface area (Å²) in [6, 6.07) is 0. The highest BCUT2D eigenvalue weighted by molar-refractivity contribution is 7.80. The van der Waals surface area contributed by atoms with E-state index in [1.54, 1.807) is 0 Å². The standard InChI is InChI=1S/C6H15NO2S/c1-6(10)7(2-4-8)3-5-9/h6,8-10H,2-5H2,1H3. The first-order chi connectivity index (χ1) is 4.72. The van der Waals surface area contributed by atoms with E-state index in [4.69, 9.17) is 10.2 Å². The highest BCUT2D eigenvalue weighted by Gasteiger charge is 2.06. The number of aliphatic hydroxyl groups excluding tert-OH is 2. The molecule has 0 aromatic rings. The lowest BCUT2D eigenvalue weighted by Gasteiger charge is -2.23. The van der Waals surface area contributed by atoms with Crippen LogP contribution in [-0.2, 0) is 0 Å². The molecule has 1 atom stereocenters. The molecule has 0 spiro atoms. The molecule has 0 rings (SSSR count). The quantitative estimate of drug-likeness (QED) is 0.382. The minimum Gasteiger partial charge on any atom is -0.395 e. The third kappa shape index (κ3) is 4.11. The SMILES string of the molecule is CC(S)N(CCO)CCO. The van der Waals surface area contributed by atoms with Gasteiger partial charge in [-0.25, -0.2) is 0 Å². The van der Waals surface area contributed by atoms with Crippen LogP contribution in [0.3, 0.4) is 0 Å². The molecule has 0 aliphatic rings. The predicted molar refractivity (Wildman–Crippen MR) is 44.2 cm³/mol. The van der Waals surface area contributed by atoms with Gasteiger partial charge in [-0.05, 0) is 6.92 Å². The van der Waals surface area contributed by atoms with Crippen molar-refractivity contribution in [1.82, 2.24) is 4.90 Å². The Balaban J connectivity index is 3.50. The molecule has 3 nitrogen and oxygen atoms in total. The molecule has 0 aliphatic carbocycles. The first-order valence-electron chi connectivity index (χ1n) is 3.36. The predicted octanol–water partition coefficient (Wildman–Crippen LogP) is -0.451. The van der Waals surface area contributed by atoms with E-state index < -0.39 is 0 Å². The smallest absolute Gasteiger partial charge is 0.0558 e. The lowest BCUT2D eigenvalue weighted by Crippen LogP contribution is -2.34. The summed E-state index contributed by atoms with van der Waals surface area (Å²) in [5.74, 6) is 0. The molecule has 0 amide bonds. The average Bonchev–Trinajstić information content (AvgIpc) is 1.87. The maximum absolute atomic E-state index is 8.55. The Morgan fingerprint density at radius 1 is 1.30 bits per heavy atom. The summed E-state index contributed by atoms with van der Waals surface area (Å²) in [6.07, 6.45) is 0. The molecule has 0 bridgehead atoms. The molecule has 2 N–H and O–H groups in total. The van der Waals surface area contributed by atoms with Gasteiger partial charge in [0.2, 0.25) is 0 Å². The van der Waals surface area contributed by atoms with Crippen LogP contribution in [-0.4, -0.2) is 46.8 Å². The lowest BCUT2D eigenvalue weighted by atomic mass is 10.5. The molecule has 0 radical (unpaired) electrons. The molecule has 62 valence electrons. The van der Waals surface area contributed by atoms with Crippen LogP contribution in [0.15, 0.2) is 0 Å². The van der Waals surface area contributed by atoms with E-state index in [2.05, 4.69) is 12.6 Å². The molecular formula is C6H15NO2S. The molecule has 0 saturated heterocycles. The highest BCUT2D eigenvalue weighted by Crippen LogP contribution is 2.00. The van der Waals surface area contributed by atoms with E-state index in [1.165, 1.54) is 0 Å². The molecule has 0 fully saturated rings. The molecule has 1 unspecified atom stereocenters. The number of hydrogen-bond donors (Lipinski definition) is 3. The maximum Gasteiger partial charge on any atom is 0.0558 e. The molecular weight excluding hydrogens is 150 g/mol. The second-order valence-electron chi connectivity index (χ2n) is 2.12. The highest BCUT2D eigenvalue weighted by atomic mass is 32.1. The van der Waals surface area contributed by atoms with Crippen LogP contribution in [0.25, 0.3) is 0 Å². The van der Waals surface area contributed by atoms with Crippen LogP contribution in [0.1, 0.15) is 6.92 Å². The molecule has 0 aromatic heterocycles. The fraction of sp³-hybridized carbons (Fsp3) is 1.00. The van der Waals surface area contributed by atoms with Crippen LogP contribution in [0.5, 0.6) is 0 Å². The first kappa shape index (κ1) is 10.2. The fourth-order valence-electron chi connectivity index (χ4n) is 0.742. The number of nitrogens with zero attached hydrogens (tertiary/aromatic N) is 1. The number of thiol groups is 1. The fourth-order valence-corrected chi connectivity index (χ4v) is 0.973. The van der Waals surface area contributed by atoms with E-state index in [0.717, 1.165) is 0 Å². The number of hydrogen-bond acceptors (Lipinski definition) is 4. The Hall–Kier alpha value is 0.230. The summed E-state index contributed by atoms with van der Waals surface area (Å²) >= 11 is 4.16. The Bertz CT molecular complexity index is 74.1. The normalized spacial score (nSPS) is 14.1. The van der Waals surface area contributed by atoms with Crippen LogP contribution < -0.4 is 0 Å². The summed E-state index contributed by atoms with van der Waals surface area (Å²) in [7, 11) is 0. The van der Waals surface area contributed by atoms with Gasteiger partial charge in [0.15, 0.2) is 0 Å². The minimum absolute atomic E-state index is 0.0966.